The maximum Gasteiger partial charge on any atom is 0.00926 e. The molecule has 2 unspecified atom stereocenters. The number of hydrogen-bond donors (Lipinski definition) is 1. The zero-order chi connectivity index (χ0) is 10.2. The Hall–Kier alpha value is 0.310. The van der Waals surface area contributed by atoms with Crippen molar-refractivity contribution >= 4 is 11.8 Å². The lowest BCUT2D eigenvalue weighted by Crippen LogP contribution is -2.31. The summed E-state index contributed by atoms with van der Waals surface area (Å²) < 4.78 is 0. The largest absolute Gasteiger partial charge is 0.314 e. The van der Waals surface area contributed by atoms with Gasteiger partial charge in [0.15, 0.2) is 0 Å². The van der Waals surface area contributed by atoms with Gasteiger partial charge in [-0.2, -0.15) is 11.8 Å². The summed E-state index contributed by atoms with van der Waals surface area (Å²) >= 11 is 1.96. The number of thioether (sulfide) groups is 1. The number of rotatable bonds is 7. The molecule has 0 amide bonds. The van der Waals surface area contributed by atoms with Gasteiger partial charge in [-0.1, -0.05) is 19.8 Å². The van der Waals surface area contributed by atoms with E-state index in [4.69, 9.17) is 0 Å². The van der Waals surface area contributed by atoms with Crippen molar-refractivity contribution in [2.24, 2.45) is 5.92 Å². The molecular weight excluding hydrogens is 190 g/mol. The first-order chi connectivity index (χ1) is 6.84. The first-order valence-corrected chi connectivity index (χ1v) is 7.46. The van der Waals surface area contributed by atoms with E-state index in [0.29, 0.717) is 0 Å². The van der Waals surface area contributed by atoms with Gasteiger partial charge in [0.2, 0.25) is 0 Å². The Morgan fingerprint density at radius 2 is 2.07 bits per heavy atom. The molecule has 0 heterocycles. The van der Waals surface area contributed by atoms with E-state index in [-0.39, 0.29) is 0 Å². The van der Waals surface area contributed by atoms with Crippen LogP contribution in [0, 0.1) is 5.92 Å². The van der Waals surface area contributed by atoms with E-state index >= 15 is 0 Å². The smallest absolute Gasteiger partial charge is 0.00926 e. The van der Waals surface area contributed by atoms with E-state index < -0.39 is 0 Å². The average molecular weight is 215 g/mol. The van der Waals surface area contributed by atoms with Crippen molar-refractivity contribution in [3.63, 3.8) is 0 Å². The quantitative estimate of drug-likeness (QED) is 0.654. The summed E-state index contributed by atoms with van der Waals surface area (Å²) in [5.41, 5.74) is 0. The van der Waals surface area contributed by atoms with Gasteiger partial charge in [-0.3, -0.25) is 0 Å². The number of hydrogen-bond acceptors (Lipinski definition) is 2. The highest BCUT2D eigenvalue weighted by atomic mass is 32.2. The van der Waals surface area contributed by atoms with Crippen molar-refractivity contribution in [2.45, 2.75) is 51.5 Å². The molecule has 84 valence electrons. The number of unbranched alkanes of at least 4 members (excludes halogenated alkanes) is 2. The molecule has 2 heteroatoms. The van der Waals surface area contributed by atoms with Gasteiger partial charge >= 0.3 is 0 Å². The second-order valence-corrected chi connectivity index (χ2v) is 5.51. The fraction of sp³-hybridized carbons (Fsp3) is 1.00. The second-order valence-electron chi connectivity index (χ2n) is 4.52. The van der Waals surface area contributed by atoms with E-state index in [1.54, 1.807) is 0 Å². The maximum atomic E-state index is 3.70. The molecular formula is C12H25NS. The fourth-order valence-corrected chi connectivity index (χ4v) is 2.78. The van der Waals surface area contributed by atoms with E-state index in [9.17, 15) is 0 Å². The monoisotopic (exact) mass is 215 g/mol. The van der Waals surface area contributed by atoms with Crippen LogP contribution in [0.25, 0.3) is 0 Å². The van der Waals surface area contributed by atoms with Gasteiger partial charge in [0.1, 0.15) is 0 Å². The lowest BCUT2D eigenvalue weighted by Gasteiger charge is -2.16. The van der Waals surface area contributed by atoms with Gasteiger partial charge in [0.05, 0.1) is 0 Å². The minimum absolute atomic E-state index is 0.829. The van der Waals surface area contributed by atoms with Gasteiger partial charge in [-0.25, -0.2) is 0 Å². The molecule has 2 atom stereocenters. The van der Waals surface area contributed by atoms with Gasteiger partial charge in [0.25, 0.3) is 0 Å². The van der Waals surface area contributed by atoms with E-state index in [2.05, 4.69) is 18.5 Å². The van der Waals surface area contributed by atoms with Crippen LogP contribution in [-0.2, 0) is 0 Å². The third-order valence-electron chi connectivity index (χ3n) is 3.29. The minimum atomic E-state index is 0.829. The summed E-state index contributed by atoms with van der Waals surface area (Å²) in [7, 11) is 0. The van der Waals surface area contributed by atoms with E-state index in [1.165, 1.54) is 50.8 Å². The molecule has 1 fully saturated rings. The highest BCUT2D eigenvalue weighted by molar-refractivity contribution is 7.98. The molecule has 0 aromatic rings. The molecule has 1 aliphatic rings. The molecule has 0 aliphatic heterocycles. The number of nitrogens with one attached hydrogen (secondary N) is 1. The highest BCUT2D eigenvalue weighted by Gasteiger charge is 2.21. The zero-order valence-electron chi connectivity index (χ0n) is 9.72. The molecule has 1 nitrogen and oxygen atoms in total. The predicted octanol–water partition coefficient (Wildman–Crippen LogP) is 3.30. The lowest BCUT2D eigenvalue weighted by atomic mass is 10.1. The lowest BCUT2D eigenvalue weighted by molar-refractivity contribution is 0.421. The Bertz CT molecular complexity index is 138. The SMILES string of the molecule is CSCCCCCNC1CCCC1C. The van der Waals surface area contributed by atoms with Crippen LogP contribution >= 0.6 is 11.8 Å². The molecule has 0 aromatic carbocycles. The van der Waals surface area contributed by atoms with Gasteiger partial charge in [-0.15, -0.1) is 0 Å². The van der Waals surface area contributed by atoms with Crippen molar-refractivity contribution in [1.29, 1.82) is 0 Å². The summed E-state index contributed by atoms with van der Waals surface area (Å²) in [6, 6.07) is 0.829. The molecule has 0 saturated heterocycles. The second kappa shape index (κ2) is 7.58. The summed E-state index contributed by atoms with van der Waals surface area (Å²) in [5, 5.41) is 3.70. The summed E-state index contributed by atoms with van der Waals surface area (Å²) in [6.07, 6.45) is 10.6. The summed E-state index contributed by atoms with van der Waals surface area (Å²) in [4.78, 5) is 0. The third-order valence-corrected chi connectivity index (χ3v) is 3.99. The van der Waals surface area contributed by atoms with Gasteiger partial charge < -0.3 is 5.32 Å². The molecule has 0 radical (unpaired) electrons. The summed E-state index contributed by atoms with van der Waals surface area (Å²) in [6.45, 7) is 3.63. The predicted molar refractivity (Wildman–Crippen MR) is 67.0 cm³/mol. The zero-order valence-corrected chi connectivity index (χ0v) is 10.5. The molecule has 1 aliphatic carbocycles. The van der Waals surface area contributed by atoms with Crippen LogP contribution < -0.4 is 5.32 Å². The van der Waals surface area contributed by atoms with Crippen LogP contribution in [0.3, 0.4) is 0 Å². The van der Waals surface area contributed by atoms with Crippen LogP contribution in [0.5, 0.6) is 0 Å². The van der Waals surface area contributed by atoms with E-state index in [1.807, 2.05) is 11.8 Å². The Morgan fingerprint density at radius 1 is 1.21 bits per heavy atom. The van der Waals surface area contributed by atoms with Crippen molar-refractivity contribution in [2.75, 3.05) is 18.6 Å². The van der Waals surface area contributed by atoms with Crippen molar-refractivity contribution < 1.29 is 0 Å². The van der Waals surface area contributed by atoms with Crippen molar-refractivity contribution in [3.8, 4) is 0 Å². The first-order valence-electron chi connectivity index (χ1n) is 6.07. The molecule has 0 bridgehead atoms. The Balaban J connectivity index is 1.88. The third kappa shape index (κ3) is 4.70. The summed E-state index contributed by atoms with van der Waals surface area (Å²) in [5.74, 6) is 2.25. The first kappa shape index (κ1) is 12.4. The van der Waals surface area contributed by atoms with Gasteiger partial charge in [-0.05, 0) is 50.2 Å². The topological polar surface area (TPSA) is 12.0 Å². The van der Waals surface area contributed by atoms with Crippen molar-refractivity contribution in [1.82, 2.24) is 5.32 Å². The Morgan fingerprint density at radius 3 is 2.71 bits per heavy atom. The van der Waals surface area contributed by atoms with Crippen LogP contribution in [0.15, 0.2) is 0 Å². The highest BCUT2D eigenvalue weighted by Crippen LogP contribution is 2.24. The van der Waals surface area contributed by atoms with Crippen LogP contribution in [0.4, 0.5) is 0 Å². The fourth-order valence-electron chi connectivity index (χ4n) is 2.28. The standard InChI is InChI=1S/C12H25NS/c1-11-7-6-8-12(11)13-9-4-3-5-10-14-2/h11-13H,3-10H2,1-2H3. The van der Waals surface area contributed by atoms with E-state index in [0.717, 1.165) is 12.0 Å². The Labute approximate surface area is 93.4 Å². The van der Waals surface area contributed by atoms with Crippen LogP contribution in [0.2, 0.25) is 0 Å². The van der Waals surface area contributed by atoms with Gasteiger partial charge in [0, 0.05) is 6.04 Å². The normalized spacial score (nSPS) is 27.0. The molecule has 1 N–H and O–H groups in total. The average Bonchev–Trinajstić information content (AvgIpc) is 2.58. The molecule has 0 aromatic heterocycles. The molecule has 1 rings (SSSR count). The van der Waals surface area contributed by atoms with Crippen LogP contribution in [-0.4, -0.2) is 24.6 Å². The molecule has 14 heavy (non-hydrogen) atoms. The van der Waals surface area contributed by atoms with Crippen molar-refractivity contribution in [3.05, 3.63) is 0 Å². The maximum absolute atomic E-state index is 3.70. The van der Waals surface area contributed by atoms with Crippen LogP contribution in [0.1, 0.15) is 45.4 Å². The Kier molecular flexibility index (Phi) is 6.70. The molecule has 1 saturated carbocycles. The molecule has 0 spiro atoms. The minimum Gasteiger partial charge on any atom is -0.314 e.